The van der Waals surface area contributed by atoms with Crippen LogP contribution in [0.25, 0.3) is 0 Å². The third kappa shape index (κ3) is 3.89. The van der Waals surface area contributed by atoms with Crippen molar-refractivity contribution >= 4 is 0 Å². The summed E-state index contributed by atoms with van der Waals surface area (Å²) in [5.74, 6) is -0.220. The predicted molar refractivity (Wildman–Crippen MR) is 60.6 cm³/mol. The molecule has 4 heteroatoms. The zero-order valence-electron chi connectivity index (χ0n) is 9.87. The number of nitrogens with one attached hydrogen (secondary N) is 1. The molecule has 1 aromatic carbocycles. The van der Waals surface area contributed by atoms with Gasteiger partial charge in [0.2, 0.25) is 0 Å². The van der Waals surface area contributed by atoms with Gasteiger partial charge in [0, 0.05) is 26.8 Å². The third-order valence-corrected chi connectivity index (χ3v) is 2.49. The second-order valence-corrected chi connectivity index (χ2v) is 3.58. The van der Waals surface area contributed by atoms with E-state index in [9.17, 15) is 4.39 Å². The van der Waals surface area contributed by atoms with Gasteiger partial charge in [-0.3, -0.25) is 0 Å². The zero-order valence-corrected chi connectivity index (χ0v) is 9.87. The molecule has 0 saturated carbocycles. The van der Waals surface area contributed by atoms with E-state index in [4.69, 9.17) is 9.47 Å². The van der Waals surface area contributed by atoms with Crippen molar-refractivity contribution in [2.24, 2.45) is 0 Å². The Bertz CT molecular complexity index is 298. The summed E-state index contributed by atoms with van der Waals surface area (Å²) >= 11 is 0. The maximum atomic E-state index is 12.7. The number of hydrogen-bond acceptors (Lipinski definition) is 3. The lowest BCUT2D eigenvalue weighted by Gasteiger charge is -2.18. The Morgan fingerprint density at radius 3 is 2.25 bits per heavy atom. The highest BCUT2D eigenvalue weighted by atomic mass is 19.1. The van der Waals surface area contributed by atoms with Crippen LogP contribution in [-0.2, 0) is 9.47 Å². The fraction of sp³-hybridized carbons (Fsp3) is 0.500. The second-order valence-electron chi connectivity index (χ2n) is 3.58. The molecule has 0 aliphatic rings. The van der Waals surface area contributed by atoms with E-state index in [1.165, 1.54) is 12.1 Å². The summed E-state index contributed by atoms with van der Waals surface area (Å²) in [6.45, 7) is 2.60. The molecule has 0 aromatic heterocycles. The molecule has 1 N–H and O–H groups in total. The van der Waals surface area contributed by atoms with Crippen molar-refractivity contribution in [2.45, 2.75) is 19.3 Å². The van der Waals surface area contributed by atoms with Crippen molar-refractivity contribution in [1.29, 1.82) is 0 Å². The van der Waals surface area contributed by atoms with E-state index in [0.29, 0.717) is 6.54 Å². The Labute approximate surface area is 95.6 Å². The summed E-state index contributed by atoms with van der Waals surface area (Å²) < 4.78 is 22.8. The number of benzene rings is 1. The minimum atomic E-state index is -0.261. The number of hydrogen-bond donors (Lipinski definition) is 1. The van der Waals surface area contributed by atoms with Crippen LogP contribution in [0.15, 0.2) is 24.3 Å². The molecule has 0 spiro atoms. The lowest BCUT2D eigenvalue weighted by molar-refractivity contribution is -0.0997. The van der Waals surface area contributed by atoms with Crippen LogP contribution >= 0.6 is 0 Å². The first kappa shape index (κ1) is 13.1. The SMILES string of the molecule is COC(CN[C@H](C)c1ccc(F)cc1)OC. The molecule has 0 saturated heterocycles. The monoisotopic (exact) mass is 227 g/mol. The maximum absolute atomic E-state index is 12.7. The summed E-state index contributed by atoms with van der Waals surface area (Å²) in [6.07, 6.45) is -0.261. The Hall–Kier alpha value is -0.970. The summed E-state index contributed by atoms with van der Waals surface area (Å²) in [4.78, 5) is 0. The van der Waals surface area contributed by atoms with Crippen LogP contribution in [0.3, 0.4) is 0 Å². The molecule has 0 fully saturated rings. The van der Waals surface area contributed by atoms with Gasteiger partial charge in [-0.2, -0.15) is 0 Å². The smallest absolute Gasteiger partial charge is 0.169 e. The van der Waals surface area contributed by atoms with E-state index in [1.807, 2.05) is 6.92 Å². The van der Waals surface area contributed by atoms with Crippen LogP contribution in [0.5, 0.6) is 0 Å². The van der Waals surface area contributed by atoms with Crippen LogP contribution in [0.4, 0.5) is 4.39 Å². The van der Waals surface area contributed by atoms with Gasteiger partial charge in [0.15, 0.2) is 6.29 Å². The maximum Gasteiger partial charge on any atom is 0.169 e. The average Bonchev–Trinajstić information content (AvgIpc) is 2.31. The second kappa shape index (κ2) is 6.58. The highest BCUT2D eigenvalue weighted by molar-refractivity contribution is 5.19. The number of rotatable bonds is 6. The van der Waals surface area contributed by atoms with Crippen molar-refractivity contribution in [3.63, 3.8) is 0 Å². The molecule has 1 atom stereocenters. The van der Waals surface area contributed by atoms with Crippen LogP contribution in [0.1, 0.15) is 18.5 Å². The largest absolute Gasteiger partial charge is 0.355 e. The van der Waals surface area contributed by atoms with Crippen LogP contribution in [0, 0.1) is 5.82 Å². The first-order chi connectivity index (χ1) is 7.67. The van der Waals surface area contributed by atoms with Crippen molar-refractivity contribution in [3.8, 4) is 0 Å². The van der Waals surface area contributed by atoms with Crippen LogP contribution < -0.4 is 5.32 Å². The summed E-state index contributed by atoms with van der Waals surface area (Å²) in [5.41, 5.74) is 1.03. The molecule has 0 heterocycles. The molecule has 0 amide bonds. The van der Waals surface area contributed by atoms with Gasteiger partial charge in [-0.15, -0.1) is 0 Å². The molecule has 1 aromatic rings. The molecule has 0 aliphatic heterocycles. The summed E-state index contributed by atoms with van der Waals surface area (Å²) in [5, 5.41) is 3.25. The standard InChI is InChI=1S/C12H18FNO2/c1-9(14-8-12(15-2)16-3)10-4-6-11(13)7-5-10/h4-7,9,12,14H,8H2,1-3H3/t9-/m1/s1. The van der Waals surface area contributed by atoms with Crippen molar-refractivity contribution in [1.82, 2.24) is 5.32 Å². The Morgan fingerprint density at radius 2 is 1.75 bits per heavy atom. The molecular formula is C12H18FNO2. The lowest BCUT2D eigenvalue weighted by Crippen LogP contribution is -2.31. The first-order valence-electron chi connectivity index (χ1n) is 5.21. The van der Waals surface area contributed by atoms with Gasteiger partial charge in [-0.25, -0.2) is 4.39 Å². The van der Waals surface area contributed by atoms with Gasteiger partial charge in [-0.05, 0) is 24.6 Å². The highest BCUT2D eigenvalue weighted by Crippen LogP contribution is 2.12. The average molecular weight is 227 g/mol. The van der Waals surface area contributed by atoms with Gasteiger partial charge >= 0.3 is 0 Å². The van der Waals surface area contributed by atoms with Crippen molar-refractivity contribution in [3.05, 3.63) is 35.6 Å². The van der Waals surface area contributed by atoms with E-state index in [2.05, 4.69) is 5.32 Å². The third-order valence-electron chi connectivity index (χ3n) is 2.49. The van der Waals surface area contributed by atoms with Gasteiger partial charge in [0.05, 0.1) is 0 Å². The fourth-order valence-electron chi connectivity index (χ4n) is 1.41. The quantitative estimate of drug-likeness (QED) is 0.755. The topological polar surface area (TPSA) is 30.5 Å². The first-order valence-corrected chi connectivity index (χ1v) is 5.21. The van der Waals surface area contributed by atoms with Crippen molar-refractivity contribution in [2.75, 3.05) is 20.8 Å². The molecule has 0 aliphatic carbocycles. The predicted octanol–water partition coefficient (Wildman–Crippen LogP) is 2.10. The van der Waals surface area contributed by atoms with E-state index >= 15 is 0 Å². The minimum absolute atomic E-state index is 0.133. The van der Waals surface area contributed by atoms with Gasteiger partial charge in [0.25, 0.3) is 0 Å². The van der Waals surface area contributed by atoms with Gasteiger partial charge in [-0.1, -0.05) is 12.1 Å². The molecule has 3 nitrogen and oxygen atoms in total. The Balaban J connectivity index is 2.46. The number of halogens is 1. The normalized spacial score (nSPS) is 13.1. The lowest BCUT2D eigenvalue weighted by atomic mass is 10.1. The molecule has 0 unspecified atom stereocenters. The molecule has 1 rings (SSSR count). The molecule has 16 heavy (non-hydrogen) atoms. The summed E-state index contributed by atoms with van der Waals surface area (Å²) in [7, 11) is 3.19. The molecule has 0 radical (unpaired) electrons. The molecule has 0 bridgehead atoms. The van der Waals surface area contributed by atoms with E-state index in [-0.39, 0.29) is 18.1 Å². The minimum Gasteiger partial charge on any atom is -0.355 e. The number of methoxy groups -OCH3 is 2. The number of ether oxygens (including phenoxy) is 2. The van der Waals surface area contributed by atoms with E-state index in [1.54, 1.807) is 26.4 Å². The fourth-order valence-corrected chi connectivity index (χ4v) is 1.41. The molecular weight excluding hydrogens is 209 g/mol. The van der Waals surface area contributed by atoms with Gasteiger partial charge < -0.3 is 14.8 Å². The summed E-state index contributed by atoms with van der Waals surface area (Å²) in [6, 6.07) is 6.58. The Morgan fingerprint density at radius 1 is 1.19 bits per heavy atom. The van der Waals surface area contributed by atoms with E-state index < -0.39 is 0 Å². The van der Waals surface area contributed by atoms with Crippen LogP contribution in [0.2, 0.25) is 0 Å². The highest BCUT2D eigenvalue weighted by Gasteiger charge is 2.09. The Kier molecular flexibility index (Phi) is 5.38. The van der Waals surface area contributed by atoms with Gasteiger partial charge in [0.1, 0.15) is 5.82 Å². The van der Waals surface area contributed by atoms with Crippen molar-refractivity contribution < 1.29 is 13.9 Å². The van der Waals surface area contributed by atoms with E-state index in [0.717, 1.165) is 5.56 Å². The zero-order chi connectivity index (χ0) is 12.0. The van der Waals surface area contributed by atoms with Crippen LogP contribution in [-0.4, -0.2) is 27.1 Å². The molecule has 90 valence electrons.